The highest BCUT2D eigenvalue weighted by Gasteiger charge is 2.40. The molecule has 2 heterocycles. The average molecular weight is 196 g/mol. The third-order valence-corrected chi connectivity index (χ3v) is 2.73. The second-order valence-corrected chi connectivity index (χ2v) is 3.69. The van der Waals surface area contributed by atoms with Crippen LogP contribution < -0.4 is 5.32 Å². The largest absolute Gasteiger partial charge is 0.330 e. The van der Waals surface area contributed by atoms with Gasteiger partial charge in [0.2, 0.25) is 11.8 Å². The van der Waals surface area contributed by atoms with E-state index >= 15 is 0 Å². The molecule has 2 aliphatic heterocycles. The van der Waals surface area contributed by atoms with E-state index in [2.05, 4.69) is 5.32 Å². The number of imide groups is 2. The van der Waals surface area contributed by atoms with Crippen LogP contribution in [0.5, 0.6) is 0 Å². The Morgan fingerprint density at radius 2 is 1.93 bits per heavy atom. The van der Waals surface area contributed by atoms with Crippen molar-refractivity contribution in [3.63, 3.8) is 0 Å². The van der Waals surface area contributed by atoms with Crippen molar-refractivity contribution in [2.24, 2.45) is 5.92 Å². The van der Waals surface area contributed by atoms with Crippen LogP contribution in [0.4, 0.5) is 4.79 Å². The predicted octanol–water partition coefficient (Wildman–Crippen LogP) is 0.255. The minimum Gasteiger partial charge on any atom is -0.277 e. The molecule has 2 saturated heterocycles. The lowest BCUT2D eigenvalue weighted by Gasteiger charge is -2.31. The van der Waals surface area contributed by atoms with Gasteiger partial charge < -0.3 is 0 Å². The van der Waals surface area contributed by atoms with Gasteiger partial charge in [-0.3, -0.25) is 19.8 Å². The molecular weight excluding hydrogens is 184 g/mol. The van der Waals surface area contributed by atoms with E-state index in [9.17, 15) is 14.4 Å². The quantitative estimate of drug-likeness (QED) is 0.565. The van der Waals surface area contributed by atoms with Gasteiger partial charge in [0.1, 0.15) is 5.92 Å². The van der Waals surface area contributed by atoms with E-state index in [-0.39, 0.29) is 5.91 Å². The van der Waals surface area contributed by atoms with Gasteiger partial charge in [-0.15, -0.1) is 0 Å². The summed E-state index contributed by atoms with van der Waals surface area (Å²) in [7, 11) is 0. The molecule has 0 spiro atoms. The minimum absolute atomic E-state index is 0.321. The van der Waals surface area contributed by atoms with Gasteiger partial charge in [-0.25, -0.2) is 4.79 Å². The Kier molecular flexibility index (Phi) is 2.23. The maximum Gasteiger partial charge on any atom is 0.330 e. The number of rotatable bonds is 0. The van der Waals surface area contributed by atoms with Crippen LogP contribution in [0.15, 0.2) is 0 Å². The molecule has 0 aromatic rings. The fraction of sp³-hybridized carbons (Fsp3) is 0.667. The molecule has 76 valence electrons. The molecule has 0 saturated carbocycles. The first-order valence-corrected chi connectivity index (χ1v) is 4.86. The highest BCUT2D eigenvalue weighted by Crippen LogP contribution is 2.20. The molecule has 5 heteroatoms. The molecular formula is C9H12N2O3. The monoisotopic (exact) mass is 196 g/mol. The Bertz CT molecular complexity index is 274. The van der Waals surface area contributed by atoms with Crippen LogP contribution in [0, 0.1) is 5.92 Å². The first kappa shape index (κ1) is 9.18. The van der Waals surface area contributed by atoms with E-state index in [1.807, 2.05) is 0 Å². The molecule has 0 radical (unpaired) electrons. The number of nitrogens with one attached hydrogen (secondary N) is 1. The van der Waals surface area contributed by atoms with Crippen LogP contribution >= 0.6 is 0 Å². The van der Waals surface area contributed by atoms with Gasteiger partial charge in [0, 0.05) is 6.54 Å². The van der Waals surface area contributed by atoms with E-state index in [0.717, 1.165) is 24.2 Å². The summed E-state index contributed by atoms with van der Waals surface area (Å²) in [6.07, 6.45) is 3.25. The summed E-state index contributed by atoms with van der Waals surface area (Å²) in [5.41, 5.74) is 0. The summed E-state index contributed by atoms with van der Waals surface area (Å²) in [6.45, 7) is 0.439. The van der Waals surface area contributed by atoms with Crippen LogP contribution in [-0.2, 0) is 9.59 Å². The lowest BCUT2D eigenvalue weighted by atomic mass is 9.95. The molecule has 1 atom stereocenters. The Labute approximate surface area is 81.4 Å². The fourth-order valence-corrected chi connectivity index (χ4v) is 1.92. The number of fused-ring (bicyclic) bond motifs is 2. The lowest BCUT2D eigenvalue weighted by molar-refractivity contribution is -0.143. The van der Waals surface area contributed by atoms with Crippen LogP contribution in [0.2, 0.25) is 0 Å². The first-order chi connectivity index (χ1) is 6.70. The average Bonchev–Trinajstić information content (AvgIpc) is 2.10. The second kappa shape index (κ2) is 3.40. The van der Waals surface area contributed by atoms with E-state index in [4.69, 9.17) is 0 Å². The Morgan fingerprint density at radius 3 is 2.71 bits per heavy atom. The van der Waals surface area contributed by atoms with Gasteiger partial charge in [-0.05, 0) is 12.8 Å². The third-order valence-electron chi connectivity index (χ3n) is 2.73. The summed E-state index contributed by atoms with van der Waals surface area (Å²) in [5.74, 6) is -1.38. The zero-order valence-corrected chi connectivity index (χ0v) is 7.78. The Morgan fingerprint density at radius 1 is 1.14 bits per heavy atom. The molecule has 2 bridgehead atoms. The number of carbonyl (C=O) groups excluding carboxylic acids is 3. The highest BCUT2D eigenvalue weighted by atomic mass is 16.2. The van der Waals surface area contributed by atoms with Crippen molar-refractivity contribution in [1.82, 2.24) is 10.2 Å². The SMILES string of the molecule is O=C1NC(=O)N2CCCCCC1C2=O. The van der Waals surface area contributed by atoms with Crippen LogP contribution in [0.1, 0.15) is 25.7 Å². The summed E-state index contributed by atoms with van der Waals surface area (Å²) in [5, 5.41) is 2.21. The molecule has 2 fully saturated rings. The molecule has 0 aromatic carbocycles. The number of urea groups is 1. The maximum absolute atomic E-state index is 11.6. The molecule has 2 rings (SSSR count). The minimum atomic E-state index is -0.631. The van der Waals surface area contributed by atoms with Crippen LogP contribution in [-0.4, -0.2) is 29.3 Å². The number of hydrogen-bond donors (Lipinski definition) is 1. The predicted molar refractivity (Wildman–Crippen MR) is 47.2 cm³/mol. The number of nitrogens with zero attached hydrogens (tertiary/aromatic N) is 1. The van der Waals surface area contributed by atoms with Crippen molar-refractivity contribution in [3.05, 3.63) is 0 Å². The van der Waals surface area contributed by atoms with E-state index < -0.39 is 17.9 Å². The van der Waals surface area contributed by atoms with Crippen molar-refractivity contribution in [1.29, 1.82) is 0 Å². The topological polar surface area (TPSA) is 66.5 Å². The molecule has 1 N–H and O–H groups in total. The molecule has 5 nitrogen and oxygen atoms in total. The Hall–Kier alpha value is -1.39. The molecule has 0 aromatic heterocycles. The zero-order chi connectivity index (χ0) is 10.1. The fourth-order valence-electron chi connectivity index (χ4n) is 1.92. The highest BCUT2D eigenvalue weighted by molar-refractivity contribution is 6.16. The number of barbiturate groups is 1. The van der Waals surface area contributed by atoms with E-state index in [1.165, 1.54) is 0 Å². The summed E-state index contributed by atoms with van der Waals surface area (Å²) >= 11 is 0. The van der Waals surface area contributed by atoms with E-state index in [0.29, 0.717) is 13.0 Å². The van der Waals surface area contributed by atoms with Crippen molar-refractivity contribution in [3.8, 4) is 0 Å². The molecule has 1 unspecified atom stereocenters. The summed E-state index contributed by atoms with van der Waals surface area (Å²) in [4.78, 5) is 35.4. The number of hydrogen-bond acceptors (Lipinski definition) is 3. The van der Waals surface area contributed by atoms with Crippen LogP contribution in [0.25, 0.3) is 0 Å². The van der Waals surface area contributed by atoms with Gasteiger partial charge >= 0.3 is 6.03 Å². The molecule has 4 amide bonds. The second-order valence-electron chi connectivity index (χ2n) is 3.69. The molecule has 0 aliphatic carbocycles. The smallest absolute Gasteiger partial charge is 0.277 e. The van der Waals surface area contributed by atoms with Crippen LogP contribution in [0.3, 0.4) is 0 Å². The van der Waals surface area contributed by atoms with Crippen molar-refractivity contribution < 1.29 is 14.4 Å². The third kappa shape index (κ3) is 1.38. The molecule has 14 heavy (non-hydrogen) atoms. The number of amides is 4. The zero-order valence-electron chi connectivity index (χ0n) is 7.78. The summed E-state index contributed by atoms with van der Waals surface area (Å²) < 4.78 is 0. The maximum atomic E-state index is 11.6. The van der Waals surface area contributed by atoms with Gasteiger partial charge in [0.05, 0.1) is 0 Å². The van der Waals surface area contributed by atoms with Crippen molar-refractivity contribution in [2.75, 3.05) is 6.54 Å². The summed E-state index contributed by atoms with van der Waals surface area (Å²) in [6, 6.07) is -0.557. The van der Waals surface area contributed by atoms with Gasteiger partial charge in [0.25, 0.3) is 0 Å². The van der Waals surface area contributed by atoms with Crippen molar-refractivity contribution in [2.45, 2.75) is 25.7 Å². The lowest BCUT2D eigenvalue weighted by Crippen LogP contribution is -2.58. The normalized spacial score (nSPS) is 28.1. The standard InChI is InChI=1S/C9H12N2O3/c12-7-6-4-2-1-3-5-11(8(6)13)9(14)10-7/h6H,1-5H2,(H,10,12,14). The van der Waals surface area contributed by atoms with E-state index in [1.54, 1.807) is 0 Å². The number of carbonyl (C=O) groups is 3. The van der Waals surface area contributed by atoms with Gasteiger partial charge in [-0.2, -0.15) is 0 Å². The molecule has 2 aliphatic rings. The Balaban J connectivity index is 2.25. The van der Waals surface area contributed by atoms with Gasteiger partial charge in [-0.1, -0.05) is 12.8 Å². The van der Waals surface area contributed by atoms with Crippen molar-refractivity contribution >= 4 is 17.8 Å². The van der Waals surface area contributed by atoms with Gasteiger partial charge in [0.15, 0.2) is 0 Å². The first-order valence-electron chi connectivity index (χ1n) is 4.86.